The minimum absolute atomic E-state index is 0.106. The smallest absolute Gasteiger partial charge is 0.252 e. The van der Waals surface area contributed by atoms with Gasteiger partial charge in [0.05, 0.1) is 0 Å². The van der Waals surface area contributed by atoms with Crippen LogP contribution in [-0.4, -0.2) is 25.0 Å². The number of anilines is 1. The number of amides is 1. The number of carbonyl (C=O) groups excluding carboxylic acids is 1. The number of carbonyl (C=O) groups is 1. The van der Waals surface area contributed by atoms with Gasteiger partial charge in [-0.15, -0.1) is 0 Å². The Bertz CT molecular complexity index is 998. The Morgan fingerprint density at radius 3 is 2.34 bits per heavy atom. The van der Waals surface area contributed by atoms with Crippen LogP contribution < -0.4 is 15.8 Å². The van der Waals surface area contributed by atoms with Crippen LogP contribution in [-0.2, 0) is 6.54 Å². The fourth-order valence-electron chi connectivity index (χ4n) is 2.97. The third kappa shape index (κ3) is 5.18. The Morgan fingerprint density at radius 2 is 1.69 bits per heavy atom. The number of hydrogen-bond acceptors (Lipinski definition) is 4. The molecule has 3 aromatic rings. The van der Waals surface area contributed by atoms with E-state index in [1.807, 2.05) is 79.1 Å². The van der Waals surface area contributed by atoms with Crippen LogP contribution >= 0.6 is 11.9 Å². The van der Waals surface area contributed by atoms with E-state index in [1.54, 1.807) is 19.0 Å². The Hall–Kier alpha value is -3.25. The van der Waals surface area contributed by atoms with Crippen molar-refractivity contribution in [2.24, 2.45) is 10.7 Å². The van der Waals surface area contributed by atoms with Gasteiger partial charge in [-0.25, -0.2) is 0 Å². The van der Waals surface area contributed by atoms with Crippen LogP contribution in [0, 0.1) is 0 Å². The van der Waals surface area contributed by atoms with Gasteiger partial charge in [0.15, 0.2) is 0 Å². The SMILES string of the molecule is CN=C(N)c1ccc(CNC(=O)c2ccccc2-c2ccc(NSC)cc2)cc1. The molecule has 3 rings (SSSR count). The number of rotatable bonds is 7. The summed E-state index contributed by atoms with van der Waals surface area (Å²) >= 11 is 1.54. The van der Waals surface area contributed by atoms with Gasteiger partial charge in [-0.2, -0.15) is 0 Å². The topological polar surface area (TPSA) is 79.5 Å². The molecule has 0 atom stereocenters. The molecule has 0 aliphatic carbocycles. The second-order valence-electron chi connectivity index (χ2n) is 6.42. The van der Waals surface area contributed by atoms with E-state index < -0.39 is 0 Å². The largest absolute Gasteiger partial charge is 0.384 e. The van der Waals surface area contributed by atoms with E-state index in [1.165, 1.54) is 0 Å². The van der Waals surface area contributed by atoms with Crippen molar-refractivity contribution in [1.82, 2.24) is 5.32 Å². The van der Waals surface area contributed by atoms with Crippen LogP contribution in [0.3, 0.4) is 0 Å². The zero-order valence-corrected chi connectivity index (χ0v) is 17.3. The number of aliphatic imine (C=N–C) groups is 1. The normalized spacial score (nSPS) is 11.2. The lowest BCUT2D eigenvalue weighted by Crippen LogP contribution is -2.23. The molecule has 0 unspecified atom stereocenters. The third-order valence-electron chi connectivity index (χ3n) is 4.53. The van der Waals surface area contributed by atoms with Gasteiger partial charge in [0.2, 0.25) is 0 Å². The summed E-state index contributed by atoms with van der Waals surface area (Å²) in [5, 5.41) is 3.00. The van der Waals surface area contributed by atoms with Crippen LogP contribution in [0.4, 0.5) is 5.69 Å². The number of hydrogen-bond donors (Lipinski definition) is 3. The Kier molecular flexibility index (Phi) is 6.92. The van der Waals surface area contributed by atoms with Gasteiger partial charge in [-0.3, -0.25) is 9.79 Å². The van der Waals surface area contributed by atoms with Crippen molar-refractivity contribution < 1.29 is 4.79 Å². The third-order valence-corrected chi connectivity index (χ3v) is 4.97. The summed E-state index contributed by atoms with van der Waals surface area (Å²) in [5.41, 5.74) is 11.3. The maximum atomic E-state index is 12.8. The second-order valence-corrected chi connectivity index (χ2v) is 7.03. The van der Waals surface area contributed by atoms with E-state index >= 15 is 0 Å². The van der Waals surface area contributed by atoms with E-state index in [-0.39, 0.29) is 5.91 Å². The summed E-state index contributed by atoms with van der Waals surface area (Å²) in [6, 6.07) is 23.4. The summed E-state index contributed by atoms with van der Waals surface area (Å²) in [6.07, 6.45) is 1.98. The first kappa shape index (κ1) is 20.5. The van der Waals surface area contributed by atoms with E-state index in [0.29, 0.717) is 17.9 Å². The number of nitrogens with zero attached hydrogens (tertiary/aromatic N) is 1. The molecule has 0 spiro atoms. The molecule has 148 valence electrons. The Morgan fingerprint density at radius 1 is 1.00 bits per heavy atom. The molecule has 3 aromatic carbocycles. The first-order valence-electron chi connectivity index (χ1n) is 9.20. The maximum Gasteiger partial charge on any atom is 0.252 e. The first-order chi connectivity index (χ1) is 14.1. The summed E-state index contributed by atoms with van der Waals surface area (Å²) in [5.74, 6) is 0.388. The lowest BCUT2D eigenvalue weighted by Gasteiger charge is -2.12. The van der Waals surface area contributed by atoms with Crippen molar-refractivity contribution in [1.29, 1.82) is 0 Å². The summed E-state index contributed by atoms with van der Waals surface area (Å²) in [6.45, 7) is 0.438. The molecule has 1 amide bonds. The summed E-state index contributed by atoms with van der Waals surface area (Å²) < 4.78 is 3.20. The molecular weight excluding hydrogens is 380 g/mol. The van der Waals surface area contributed by atoms with Gasteiger partial charge in [0, 0.05) is 36.7 Å². The van der Waals surface area contributed by atoms with Crippen LogP contribution in [0.2, 0.25) is 0 Å². The van der Waals surface area contributed by atoms with Crippen molar-refractivity contribution in [3.8, 4) is 11.1 Å². The van der Waals surface area contributed by atoms with Gasteiger partial charge in [0.25, 0.3) is 5.91 Å². The Balaban J connectivity index is 1.73. The molecule has 0 aliphatic rings. The van der Waals surface area contributed by atoms with Gasteiger partial charge >= 0.3 is 0 Å². The molecule has 0 saturated carbocycles. The second kappa shape index (κ2) is 9.80. The minimum atomic E-state index is -0.106. The van der Waals surface area contributed by atoms with Crippen molar-refractivity contribution in [2.45, 2.75) is 6.54 Å². The number of nitrogens with one attached hydrogen (secondary N) is 2. The van der Waals surface area contributed by atoms with Crippen molar-refractivity contribution in [2.75, 3.05) is 18.0 Å². The van der Waals surface area contributed by atoms with Crippen LogP contribution in [0.1, 0.15) is 21.5 Å². The van der Waals surface area contributed by atoms with E-state index in [2.05, 4.69) is 15.0 Å². The molecule has 0 heterocycles. The molecule has 0 saturated heterocycles. The average molecular weight is 405 g/mol. The van der Waals surface area contributed by atoms with Crippen LogP contribution in [0.15, 0.2) is 77.8 Å². The van der Waals surface area contributed by atoms with Crippen LogP contribution in [0.25, 0.3) is 11.1 Å². The highest BCUT2D eigenvalue weighted by atomic mass is 32.2. The maximum absolute atomic E-state index is 12.8. The summed E-state index contributed by atoms with van der Waals surface area (Å²) in [4.78, 5) is 16.8. The predicted octanol–water partition coefficient (Wildman–Crippen LogP) is 4.31. The number of benzene rings is 3. The molecule has 0 aliphatic heterocycles. The standard InChI is InChI=1S/C23H24N4OS/c1-25-22(24)18-9-7-16(8-10-18)15-26-23(28)21-6-4-3-5-20(21)17-11-13-19(14-12-17)27-29-2/h3-14,27H,15H2,1-2H3,(H2,24,25)(H,26,28). The van der Waals surface area contributed by atoms with E-state index in [4.69, 9.17) is 5.73 Å². The highest BCUT2D eigenvalue weighted by molar-refractivity contribution is 7.99. The average Bonchev–Trinajstić information content (AvgIpc) is 2.78. The molecule has 4 N–H and O–H groups in total. The summed E-state index contributed by atoms with van der Waals surface area (Å²) in [7, 11) is 1.66. The molecule has 5 nitrogen and oxygen atoms in total. The quantitative estimate of drug-likeness (QED) is 0.311. The molecule has 29 heavy (non-hydrogen) atoms. The van der Waals surface area contributed by atoms with Gasteiger partial charge in [-0.05, 0) is 34.9 Å². The lowest BCUT2D eigenvalue weighted by atomic mass is 9.99. The minimum Gasteiger partial charge on any atom is -0.384 e. The zero-order valence-electron chi connectivity index (χ0n) is 16.5. The van der Waals surface area contributed by atoms with E-state index in [9.17, 15) is 4.79 Å². The highest BCUT2D eigenvalue weighted by Gasteiger charge is 2.12. The molecule has 0 radical (unpaired) electrons. The van der Waals surface area contributed by atoms with Crippen molar-refractivity contribution in [3.05, 3.63) is 89.5 Å². The van der Waals surface area contributed by atoms with Crippen LogP contribution in [0.5, 0.6) is 0 Å². The predicted molar refractivity (Wildman–Crippen MR) is 123 cm³/mol. The fraction of sp³-hybridized carbons (Fsp3) is 0.130. The molecular formula is C23H24N4OS. The first-order valence-corrected chi connectivity index (χ1v) is 10.4. The lowest BCUT2D eigenvalue weighted by molar-refractivity contribution is 0.0951. The zero-order chi connectivity index (χ0) is 20.6. The van der Waals surface area contributed by atoms with Crippen molar-refractivity contribution >= 4 is 29.4 Å². The monoisotopic (exact) mass is 404 g/mol. The molecule has 0 bridgehead atoms. The fourth-order valence-corrected chi connectivity index (χ4v) is 3.34. The highest BCUT2D eigenvalue weighted by Crippen LogP contribution is 2.26. The van der Waals surface area contributed by atoms with E-state index in [0.717, 1.165) is 27.9 Å². The van der Waals surface area contributed by atoms with Crippen molar-refractivity contribution in [3.63, 3.8) is 0 Å². The number of nitrogens with two attached hydrogens (primary N) is 1. The molecule has 0 aromatic heterocycles. The molecule has 6 heteroatoms. The molecule has 0 fully saturated rings. The van der Waals surface area contributed by atoms with Gasteiger partial charge in [-0.1, -0.05) is 66.5 Å². The Labute approximate surface area is 175 Å². The number of amidine groups is 1. The van der Waals surface area contributed by atoms with Gasteiger partial charge < -0.3 is 15.8 Å². The van der Waals surface area contributed by atoms with Gasteiger partial charge in [0.1, 0.15) is 5.84 Å².